The Morgan fingerprint density at radius 1 is 1.55 bits per heavy atom. The van der Waals surface area contributed by atoms with Crippen LogP contribution in [0, 0.1) is 0 Å². The van der Waals surface area contributed by atoms with Gasteiger partial charge in [0.1, 0.15) is 5.76 Å². The molecule has 0 N–H and O–H groups in total. The van der Waals surface area contributed by atoms with E-state index >= 15 is 0 Å². The number of ether oxygens (including phenoxy) is 1. The molecule has 2 aliphatic rings. The van der Waals surface area contributed by atoms with Gasteiger partial charge in [-0.15, -0.1) is 0 Å². The predicted molar refractivity (Wildman–Crippen MR) is 45.1 cm³/mol. The molecule has 0 aromatic rings. The molecule has 1 aliphatic carbocycles. The minimum Gasteiger partial charge on any atom is -0.497 e. The first-order valence-corrected chi connectivity index (χ1v) is 3.98. The minimum absolute atomic E-state index is 0.863. The molecule has 0 aromatic carbocycles. The first kappa shape index (κ1) is 6.71. The van der Waals surface area contributed by atoms with Gasteiger partial charge in [-0.1, -0.05) is 12.7 Å². The summed E-state index contributed by atoms with van der Waals surface area (Å²) in [5, 5.41) is 0. The zero-order valence-corrected chi connectivity index (χ0v) is 6.81. The Morgan fingerprint density at radius 3 is 3.18 bits per heavy atom. The van der Waals surface area contributed by atoms with Crippen LogP contribution in [-0.4, -0.2) is 6.61 Å². The summed E-state index contributed by atoms with van der Waals surface area (Å²) >= 11 is 0. The molecule has 1 aliphatic heterocycles. The number of rotatable bonds is 0. The molecule has 1 heterocycles. The molecule has 0 radical (unpaired) electrons. The molecule has 0 spiro atoms. The lowest BCUT2D eigenvalue weighted by Crippen LogP contribution is -1.96. The Labute approximate surface area is 67.1 Å². The highest BCUT2D eigenvalue weighted by molar-refractivity contribution is 5.44. The summed E-state index contributed by atoms with van der Waals surface area (Å²) in [6, 6.07) is 0. The fourth-order valence-electron chi connectivity index (χ4n) is 1.53. The SMILES string of the molecule is C=C1CC2=C(C=C1C)CCO2. The van der Waals surface area contributed by atoms with Gasteiger partial charge in [-0.2, -0.15) is 0 Å². The van der Waals surface area contributed by atoms with Gasteiger partial charge in [-0.3, -0.25) is 0 Å². The number of allylic oxidation sites excluding steroid dienone is 3. The van der Waals surface area contributed by atoms with Gasteiger partial charge in [-0.05, 0) is 23.6 Å². The second-order valence-corrected chi connectivity index (χ2v) is 3.15. The lowest BCUT2D eigenvalue weighted by atomic mass is 9.95. The quantitative estimate of drug-likeness (QED) is 0.513. The highest BCUT2D eigenvalue weighted by Gasteiger charge is 2.19. The zero-order valence-electron chi connectivity index (χ0n) is 6.81. The van der Waals surface area contributed by atoms with Crippen molar-refractivity contribution in [3.63, 3.8) is 0 Å². The topological polar surface area (TPSA) is 9.23 Å². The predicted octanol–water partition coefficient (Wildman–Crippen LogP) is 2.57. The van der Waals surface area contributed by atoms with Crippen LogP contribution in [0.25, 0.3) is 0 Å². The van der Waals surface area contributed by atoms with E-state index in [4.69, 9.17) is 4.74 Å². The summed E-state index contributed by atoms with van der Waals surface area (Å²) in [4.78, 5) is 0. The van der Waals surface area contributed by atoms with Crippen LogP contribution in [0.1, 0.15) is 19.8 Å². The van der Waals surface area contributed by atoms with Crippen LogP contribution in [0.5, 0.6) is 0 Å². The van der Waals surface area contributed by atoms with Crippen LogP contribution in [0.2, 0.25) is 0 Å². The van der Waals surface area contributed by atoms with Gasteiger partial charge in [0, 0.05) is 12.8 Å². The molecule has 58 valence electrons. The third kappa shape index (κ3) is 1.01. The van der Waals surface area contributed by atoms with Crippen LogP contribution in [0.4, 0.5) is 0 Å². The molecule has 0 unspecified atom stereocenters. The molecule has 0 aromatic heterocycles. The Hall–Kier alpha value is -0.980. The summed E-state index contributed by atoms with van der Waals surface area (Å²) in [5.41, 5.74) is 3.90. The molecular weight excluding hydrogens is 136 g/mol. The molecule has 11 heavy (non-hydrogen) atoms. The van der Waals surface area contributed by atoms with E-state index in [1.165, 1.54) is 16.7 Å². The number of hydrogen-bond acceptors (Lipinski definition) is 1. The Balaban J connectivity index is 2.36. The van der Waals surface area contributed by atoms with Gasteiger partial charge >= 0.3 is 0 Å². The van der Waals surface area contributed by atoms with E-state index in [1.54, 1.807) is 0 Å². The van der Waals surface area contributed by atoms with Crippen LogP contribution < -0.4 is 0 Å². The largest absolute Gasteiger partial charge is 0.497 e. The zero-order chi connectivity index (χ0) is 7.84. The van der Waals surface area contributed by atoms with Gasteiger partial charge in [0.2, 0.25) is 0 Å². The van der Waals surface area contributed by atoms with Gasteiger partial charge in [-0.25, -0.2) is 0 Å². The lowest BCUT2D eigenvalue weighted by molar-refractivity contribution is 0.239. The third-order valence-corrected chi connectivity index (χ3v) is 2.33. The fourth-order valence-corrected chi connectivity index (χ4v) is 1.53. The molecule has 0 fully saturated rings. The third-order valence-electron chi connectivity index (χ3n) is 2.33. The lowest BCUT2D eigenvalue weighted by Gasteiger charge is -2.13. The Morgan fingerprint density at radius 2 is 2.36 bits per heavy atom. The van der Waals surface area contributed by atoms with Gasteiger partial charge in [0.05, 0.1) is 6.61 Å². The normalized spacial score (nSPS) is 23.0. The van der Waals surface area contributed by atoms with Crippen LogP contribution in [0.15, 0.2) is 35.1 Å². The van der Waals surface area contributed by atoms with E-state index in [2.05, 4.69) is 19.6 Å². The van der Waals surface area contributed by atoms with Crippen LogP contribution >= 0.6 is 0 Å². The molecule has 1 heteroatoms. The summed E-state index contributed by atoms with van der Waals surface area (Å²) in [6.07, 6.45) is 4.21. The second-order valence-electron chi connectivity index (χ2n) is 3.15. The summed E-state index contributed by atoms with van der Waals surface area (Å²) in [6.45, 7) is 6.95. The van der Waals surface area contributed by atoms with Crippen molar-refractivity contribution in [3.8, 4) is 0 Å². The van der Waals surface area contributed by atoms with Crippen molar-refractivity contribution in [3.05, 3.63) is 35.1 Å². The van der Waals surface area contributed by atoms with E-state index in [9.17, 15) is 0 Å². The monoisotopic (exact) mass is 148 g/mol. The molecule has 2 rings (SSSR count). The van der Waals surface area contributed by atoms with Crippen molar-refractivity contribution in [2.24, 2.45) is 0 Å². The highest BCUT2D eigenvalue weighted by atomic mass is 16.5. The average molecular weight is 148 g/mol. The van der Waals surface area contributed by atoms with E-state index in [1.807, 2.05) is 0 Å². The summed E-state index contributed by atoms with van der Waals surface area (Å²) < 4.78 is 5.45. The van der Waals surface area contributed by atoms with Crippen molar-refractivity contribution in [2.45, 2.75) is 19.8 Å². The van der Waals surface area contributed by atoms with Crippen molar-refractivity contribution < 1.29 is 4.74 Å². The fraction of sp³-hybridized carbons (Fsp3) is 0.400. The first-order valence-electron chi connectivity index (χ1n) is 3.98. The molecule has 0 bridgehead atoms. The molecule has 0 saturated heterocycles. The molecule has 0 saturated carbocycles. The Bertz CT molecular complexity index is 269. The first-order chi connectivity index (χ1) is 5.27. The van der Waals surface area contributed by atoms with Crippen LogP contribution in [0.3, 0.4) is 0 Å². The van der Waals surface area contributed by atoms with Gasteiger partial charge in [0.25, 0.3) is 0 Å². The van der Waals surface area contributed by atoms with E-state index in [0.717, 1.165) is 25.2 Å². The average Bonchev–Trinajstić information content (AvgIpc) is 2.36. The maximum atomic E-state index is 5.45. The van der Waals surface area contributed by atoms with E-state index < -0.39 is 0 Å². The van der Waals surface area contributed by atoms with E-state index in [0.29, 0.717) is 0 Å². The van der Waals surface area contributed by atoms with Crippen LogP contribution in [-0.2, 0) is 4.74 Å². The van der Waals surface area contributed by atoms with E-state index in [-0.39, 0.29) is 0 Å². The smallest absolute Gasteiger partial charge is 0.104 e. The van der Waals surface area contributed by atoms with Gasteiger partial charge < -0.3 is 4.74 Å². The summed E-state index contributed by atoms with van der Waals surface area (Å²) in [5.74, 6) is 1.15. The summed E-state index contributed by atoms with van der Waals surface area (Å²) in [7, 11) is 0. The molecule has 1 nitrogen and oxygen atoms in total. The number of hydrogen-bond donors (Lipinski definition) is 0. The van der Waals surface area contributed by atoms with Crippen molar-refractivity contribution in [1.29, 1.82) is 0 Å². The molecule has 0 atom stereocenters. The van der Waals surface area contributed by atoms with Crippen molar-refractivity contribution in [1.82, 2.24) is 0 Å². The Kier molecular flexibility index (Phi) is 1.38. The molecular formula is C10H12O. The van der Waals surface area contributed by atoms with Crippen molar-refractivity contribution >= 4 is 0 Å². The second kappa shape index (κ2) is 2.26. The molecule has 0 amide bonds. The minimum atomic E-state index is 0.863. The maximum Gasteiger partial charge on any atom is 0.104 e. The maximum absolute atomic E-state index is 5.45. The van der Waals surface area contributed by atoms with Crippen molar-refractivity contribution in [2.75, 3.05) is 6.61 Å². The standard InChI is InChI=1S/C10H12O/c1-7-5-9-3-4-11-10(9)6-8(7)2/h5H,2-4,6H2,1H3. The van der Waals surface area contributed by atoms with Gasteiger partial charge in [0.15, 0.2) is 0 Å². The highest BCUT2D eigenvalue weighted by Crippen LogP contribution is 2.33.